The summed E-state index contributed by atoms with van der Waals surface area (Å²) in [5, 5.41) is 1.78. The molecule has 1 N–H and O–H groups in total. The lowest BCUT2D eigenvalue weighted by Gasteiger charge is -2.11. The number of hydrogen-bond acceptors (Lipinski definition) is 3. The van der Waals surface area contributed by atoms with Gasteiger partial charge in [0.1, 0.15) is 5.38 Å². The van der Waals surface area contributed by atoms with Gasteiger partial charge in [0.15, 0.2) is 9.84 Å². The molecule has 94 valence electrons. The topological polar surface area (TPSA) is 63.2 Å². The van der Waals surface area contributed by atoms with Crippen molar-refractivity contribution < 1.29 is 13.2 Å². The Morgan fingerprint density at radius 3 is 2.53 bits per heavy atom. The van der Waals surface area contributed by atoms with Crippen LogP contribution in [0.15, 0.2) is 29.2 Å². The molecule has 1 rings (SSSR count). The first kappa shape index (κ1) is 14.0. The molecule has 0 aromatic heterocycles. The minimum Gasteiger partial charge on any atom is -0.324 e. The van der Waals surface area contributed by atoms with Crippen LogP contribution in [0.3, 0.4) is 0 Å². The number of benzene rings is 1. The van der Waals surface area contributed by atoms with Gasteiger partial charge in [-0.2, -0.15) is 0 Å². The zero-order chi connectivity index (χ0) is 13.1. The predicted molar refractivity (Wildman–Crippen MR) is 68.1 cm³/mol. The van der Waals surface area contributed by atoms with Gasteiger partial charge in [-0.25, -0.2) is 8.42 Å². The Morgan fingerprint density at radius 1 is 1.41 bits per heavy atom. The van der Waals surface area contributed by atoms with E-state index >= 15 is 0 Å². The Balaban J connectivity index is 3.14. The first-order valence-electron chi connectivity index (χ1n) is 5.15. The lowest BCUT2D eigenvalue weighted by molar-refractivity contribution is -0.115. The molecule has 0 aliphatic rings. The summed E-state index contributed by atoms with van der Waals surface area (Å²) in [7, 11) is -3.36. The number of sulfone groups is 1. The third-order valence-corrected chi connectivity index (χ3v) is 4.21. The molecular formula is C11H14ClNO3S. The maximum Gasteiger partial charge on any atom is 0.242 e. The predicted octanol–water partition coefficient (Wildman–Crippen LogP) is 2.05. The quantitative estimate of drug-likeness (QED) is 0.856. The van der Waals surface area contributed by atoms with E-state index in [1.165, 1.54) is 13.0 Å². The minimum atomic E-state index is -3.36. The van der Waals surface area contributed by atoms with E-state index in [1.807, 2.05) is 0 Å². The highest BCUT2D eigenvalue weighted by Gasteiger charge is 2.18. The average Bonchev–Trinajstić information content (AvgIpc) is 2.29. The smallest absolute Gasteiger partial charge is 0.242 e. The van der Waals surface area contributed by atoms with Crippen LogP contribution in [-0.4, -0.2) is 25.5 Å². The number of carbonyl (C=O) groups excluding carboxylic acids is 1. The number of anilines is 1. The summed E-state index contributed by atoms with van der Waals surface area (Å²) in [4.78, 5) is 11.6. The third kappa shape index (κ3) is 3.44. The third-order valence-electron chi connectivity index (χ3n) is 2.22. The van der Waals surface area contributed by atoms with Crippen molar-refractivity contribution in [3.05, 3.63) is 24.3 Å². The van der Waals surface area contributed by atoms with E-state index in [9.17, 15) is 13.2 Å². The van der Waals surface area contributed by atoms with Gasteiger partial charge in [-0.15, -0.1) is 11.6 Å². The van der Waals surface area contributed by atoms with E-state index in [0.29, 0.717) is 0 Å². The van der Waals surface area contributed by atoms with Gasteiger partial charge in [0.05, 0.1) is 16.3 Å². The van der Waals surface area contributed by atoms with Gasteiger partial charge in [-0.3, -0.25) is 4.79 Å². The molecule has 0 bridgehead atoms. The van der Waals surface area contributed by atoms with Crippen LogP contribution >= 0.6 is 11.6 Å². The summed E-state index contributed by atoms with van der Waals surface area (Å²) in [6, 6.07) is 6.28. The molecule has 17 heavy (non-hydrogen) atoms. The monoisotopic (exact) mass is 275 g/mol. The lowest BCUT2D eigenvalue weighted by atomic mass is 10.3. The van der Waals surface area contributed by atoms with Gasteiger partial charge in [0.25, 0.3) is 0 Å². The molecule has 0 aliphatic carbocycles. The normalized spacial score (nSPS) is 13.1. The van der Waals surface area contributed by atoms with Crippen molar-refractivity contribution in [2.24, 2.45) is 0 Å². The molecule has 1 atom stereocenters. The fourth-order valence-corrected chi connectivity index (χ4v) is 2.33. The van der Waals surface area contributed by atoms with E-state index in [1.54, 1.807) is 25.1 Å². The summed E-state index contributed by atoms with van der Waals surface area (Å²) in [6.07, 6.45) is 0. The van der Waals surface area contributed by atoms with Crippen molar-refractivity contribution in [3.63, 3.8) is 0 Å². The minimum absolute atomic E-state index is 0.0175. The van der Waals surface area contributed by atoms with Gasteiger partial charge in [-0.05, 0) is 19.1 Å². The van der Waals surface area contributed by atoms with Crippen LogP contribution in [-0.2, 0) is 14.6 Å². The Labute approximate surface area is 106 Å². The Kier molecular flexibility index (Phi) is 4.54. The van der Waals surface area contributed by atoms with Crippen molar-refractivity contribution >= 4 is 33.0 Å². The van der Waals surface area contributed by atoms with Gasteiger partial charge in [0.2, 0.25) is 5.91 Å². The molecule has 0 aliphatic heterocycles. The SMILES string of the molecule is CCS(=O)(=O)c1ccccc1NC(=O)C(C)Cl. The molecule has 0 radical (unpaired) electrons. The van der Waals surface area contributed by atoms with Crippen LogP contribution in [0.2, 0.25) is 0 Å². The molecular weight excluding hydrogens is 262 g/mol. The Morgan fingerprint density at radius 2 is 2.00 bits per heavy atom. The van der Waals surface area contributed by atoms with Crippen molar-refractivity contribution in [1.82, 2.24) is 0 Å². The zero-order valence-electron chi connectivity index (χ0n) is 9.60. The molecule has 0 saturated carbocycles. The van der Waals surface area contributed by atoms with Crippen LogP contribution in [0.5, 0.6) is 0 Å². The van der Waals surface area contributed by atoms with E-state index < -0.39 is 21.1 Å². The van der Waals surface area contributed by atoms with Crippen molar-refractivity contribution in [2.75, 3.05) is 11.1 Å². The van der Waals surface area contributed by atoms with Gasteiger partial charge < -0.3 is 5.32 Å². The number of hydrogen-bond donors (Lipinski definition) is 1. The number of amides is 1. The molecule has 1 amide bonds. The highest BCUT2D eigenvalue weighted by Crippen LogP contribution is 2.22. The molecule has 0 fully saturated rings. The molecule has 6 heteroatoms. The Bertz CT molecular complexity index is 511. The van der Waals surface area contributed by atoms with Crippen LogP contribution in [0.4, 0.5) is 5.69 Å². The van der Waals surface area contributed by atoms with E-state index in [2.05, 4.69) is 5.32 Å². The van der Waals surface area contributed by atoms with Gasteiger partial charge in [0, 0.05) is 0 Å². The van der Waals surface area contributed by atoms with Gasteiger partial charge >= 0.3 is 0 Å². The van der Waals surface area contributed by atoms with Crippen molar-refractivity contribution in [3.8, 4) is 0 Å². The van der Waals surface area contributed by atoms with Gasteiger partial charge in [-0.1, -0.05) is 19.1 Å². The second-order valence-corrected chi connectivity index (χ2v) is 6.41. The van der Waals surface area contributed by atoms with Crippen LogP contribution in [0.25, 0.3) is 0 Å². The maximum atomic E-state index is 11.8. The maximum absolute atomic E-state index is 11.8. The number of para-hydroxylation sites is 1. The molecule has 0 saturated heterocycles. The standard InChI is InChI=1S/C11H14ClNO3S/c1-3-17(15,16)10-7-5-4-6-9(10)13-11(14)8(2)12/h4-8H,3H2,1-2H3,(H,13,14). The highest BCUT2D eigenvalue weighted by atomic mass is 35.5. The number of halogens is 1. The van der Waals surface area contributed by atoms with Crippen LogP contribution in [0.1, 0.15) is 13.8 Å². The fourth-order valence-electron chi connectivity index (χ4n) is 1.23. The van der Waals surface area contributed by atoms with Crippen LogP contribution in [0, 0.1) is 0 Å². The van der Waals surface area contributed by atoms with E-state index in [-0.39, 0.29) is 16.3 Å². The van der Waals surface area contributed by atoms with E-state index in [4.69, 9.17) is 11.6 Å². The Hall–Kier alpha value is -1.07. The fraction of sp³-hybridized carbons (Fsp3) is 0.364. The summed E-state index contributed by atoms with van der Waals surface area (Å²) in [5.74, 6) is -0.443. The molecule has 1 aromatic rings. The second kappa shape index (κ2) is 5.51. The summed E-state index contributed by atoms with van der Waals surface area (Å²) < 4.78 is 23.6. The number of nitrogens with one attached hydrogen (secondary N) is 1. The molecule has 0 spiro atoms. The molecule has 1 unspecified atom stereocenters. The van der Waals surface area contributed by atoms with Crippen LogP contribution < -0.4 is 5.32 Å². The van der Waals surface area contributed by atoms with E-state index in [0.717, 1.165) is 0 Å². The lowest BCUT2D eigenvalue weighted by Crippen LogP contribution is -2.21. The van der Waals surface area contributed by atoms with Crippen molar-refractivity contribution in [2.45, 2.75) is 24.1 Å². The van der Waals surface area contributed by atoms with Crippen molar-refractivity contribution in [1.29, 1.82) is 0 Å². The summed E-state index contributed by atoms with van der Waals surface area (Å²) >= 11 is 5.62. The number of alkyl halides is 1. The highest BCUT2D eigenvalue weighted by molar-refractivity contribution is 7.91. The average molecular weight is 276 g/mol. The zero-order valence-corrected chi connectivity index (χ0v) is 11.2. The summed E-state index contributed by atoms with van der Waals surface area (Å²) in [5.41, 5.74) is 0.270. The number of carbonyl (C=O) groups is 1. The first-order valence-corrected chi connectivity index (χ1v) is 7.24. The summed E-state index contributed by atoms with van der Waals surface area (Å²) in [6.45, 7) is 3.08. The molecule has 0 heterocycles. The first-order chi connectivity index (χ1) is 7.88. The second-order valence-electron chi connectivity index (χ2n) is 3.50. The number of rotatable bonds is 4. The largest absolute Gasteiger partial charge is 0.324 e. The molecule has 4 nitrogen and oxygen atoms in total. The molecule has 1 aromatic carbocycles.